The highest BCUT2D eigenvalue weighted by Gasteiger charge is 2.07. The molecule has 1 aromatic rings. The Kier molecular flexibility index (Phi) is 8.98. The van der Waals surface area contributed by atoms with Crippen molar-refractivity contribution in [2.45, 2.75) is 40.2 Å². The molecule has 2 N–H and O–H groups in total. The number of nitrogens with one attached hydrogen (secondary N) is 1. The molecule has 0 unspecified atom stereocenters. The molecule has 0 heterocycles. The summed E-state index contributed by atoms with van der Waals surface area (Å²) in [5, 5.41) is 12.2. The topological polar surface area (TPSA) is 84.9 Å². The Hall–Kier alpha value is -2.76. The number of allylic oxidation sites excluding steroid dienone is 3. The van der Waals surface area contributed by atoms with E-state index in [1.807, 2.05) is 20.8 Å². The van der Waals surface area contributed by atoms with E-state index in [-0.39, 0.29) is 18.9 Å². The third kappa shape index (κ3) is 8.37. The molecule has 0 fully saturated rings. The first-order valence-corrected chi connectivity index (χ1v) is 8.41. The van der Waals surface area contributed by atoms with E-state index < -0.39 is 11.9 Å². The number of aromatic hydroxyl groups is 1. The smallest absolute Gasteiger partial charge is 0.331 e. The molecule has 6 heteroatoms. The van der Waals surface area contributed by atoms with Gasteiger partial charge in [-0.3, -0.25) is 4.79 Å². The van der Waals surface area contributed by atoms with Gasteiger partial charge in [0.1, 0.15) is 0 Å². The van der Waals surface area contributed by atoms with E-state index in [1.54, 1.807) is 12.1 Å². The van der Waals surface area contributed by atoms with E-state index >= 15 is 0 Å². The van der Waals surface area contributed by atoms with Crippen LogP contribution in [0.15, 0.2) is 41.5 Å². The van der Waals surface area contributed by atoms with Crippen molar-refractivity contribution in [3.05, 3.63) is 47.1 Å². The summed E-state index contributed by atoms with van der Waals surface area (Å²) in [5.41, 5.74) is 2.90. The molecule has 1 aromatic carbocycles. The molecule has 0 radical (unpaired) electrons. The maximum absolute atomic E-state index is 11.8. The fourth-order valence-electron chi connectivity index (χ4n) is 2.12. The molecular formula is C20H27NO5. The first-order chi connectivity index (χ1) is 12.3. The number of carbonyl (C=O) groups is 2. The lowest BCUT2D eigenvalue weighted by atomic mass is 10.1. The number of phenols is 1. The molecule has 6 nitrogen and oxygen atoms in total. The SMILES string of the molecule is COc1cc(CNC(=O)COC(=O)/C=C(\C)CCC=C(C)C)ccc1O. The molecule has 0 aliphatic heterocycles. The Balaban J connectivity index is 2.37. The fourth-order valence-corrected chi connectivity index (χ4v) is 2.12. The number of benzene rings is 1. The standard InChI is InChI=1S/C20H27NO5/c1-14(2)6-5-7-15(3)10-20(24)26-13-19(23)21-12-16-8-9-17(22)18(11-16)25-4/h6,8-11,22H,5,7,12-13H2,1-4H3,(H,21,23)/b15-10+. The fraction of sp³-hybridized carbons (Fsp3) is 0.400. The van der Waals surface area contributed by atoms with Crippen LogP contribution in [0.3, 0.4) is 0 Å². The van der Waals surface area contributed by atoms with Crippen molar-refractivity contribution in [3.8, 4) is 11.5 Å². The summed E-state index contributed by atoms with van der Waals surface area (Å²) >= 11 is 0. The van der Waals surface area contributed by atoms with E-state index in [2.05, 4.69) is 11.4 Å². The van der Waals surface area contributed by atoms with E-state index in [1.165, 1.54) is 24.8 Å². The highest BCUT2D eigenvalue weighted by molar-refractivity contribution is 5.86. The summed E-state index contributed by atoms with van der Waals surface area (Å²) in [6.45, 7) is 5.81. The lowest BCUT2D eigenvalue weighted by molar-refractivity contribution is -0.143. The van der Waals surface area contributed by atoms with Crippen molar-refractivity contribution in [3.63, 3.8) is 0 Å². The van der Waals surface area contributed by atoms with Gasteiger partial charge in [-0.15, -0.1) is 0 Å². The minimum atomic E-state index is -0.527. The van der Waals surface area contributed by atoms with Crippen LogP contribution in [0, 0.1) is 0 Å². The highest BCUT2D eigenvalue weighted by atomic mass is 16.5. The summed E-state index contributed by atoms with van der Waals surface area (Å²) in [5.74, 6) is -0.567. The Bertz CT molecular complexity index is 687. The van der Waals surface area contributed by atoms with Gasteiger partial charge in [-0.1, -0.05) is 23.3 Å². The van der Waals surface area contributed by atoms with Gasteiger partial charge >= 0.3 is 5.97 Å². The molecule has 0 aliphatic rings. The van der Waals surface area contributed by atoms with Crippen LogP contribution in [0.5, 0.6) is 11.5 Å². The minimum absolute atomic E-state index is 0.0308. The average Bonchev–Trinajstić information content (AvgIpc) is 2.58. The van der Waals surface area contributed by atoms with Crippen molar-refractivity contribution in [1.82, 2.24) is 5.32 Å². The van der Waals surface area contributed by atoms with E-state index in [0.717, 1.165) is 24.0 Å². The Morgan fingerprint density at radius 1 is 1.23 bits per heavy atom. The van der Waals surface area contributed by atoms with Gasteiger partial charge in [0, 0.05) is 12.6 Å². The second-order valence-corrected chi connectivity index (χ2v) is 6.20. The number of esters is 1. The number of amides is 1. The molecule has 0 atom stereocenters. The summed E-state index contributed by atoms with van der Waals surface area (Å²) in [7, 11) is 1.45. The van der Waals surface area contributed by atoms with Crippen molar-refractivity contribution in [2.75, 3.05) is 13.7 Å². The van der Waals surface area contributed by atoms with Crippen molar-refractivity contribution < 1.29 is 24.2 Å². The molecule has 0 saturated carbocycles. The van der Waals surface area contributed by atoms with Gasteiger partial charge < -0.3 is 19.9 Å². The zero-order valence-corrected chi connectivity index (χ0v) is 15.8. The van der Waals surface area contributed by atoms with Crippen LogP contribution in [0.1, 0.15) is 39.2 Å². The number of carbonyl (C=O) groups excluding carboxylic acids is 2. The van der Waals surface area contributed by atoms with Gasteiger partial charge in [-0.25, -0.2) is 4.79 Å². The summed E-state index contributed by atoms with van der Waals surface area (Å²) in [6, 6.07) is 4.78. The quantitative estimate of drug-likeness (QED) is 0.401. The molecular weight excluding hydrogens is 334 g/mol. The number of ether oxygens (including phenoxy) is 2. The molecule has 0 spiro atoms. The summed E-state index contributed by atoms with van der Waals surface area (Å²) in [6.07, 6.45) is 5.16. The Labute approximate surface area is 154 Å². The van der Waals surface area contributed by atoms with Crippen LogP contribution in [-0.4, -0.2) is 30.7 Å². The number of methoxy groups -OCH3 is 1. The van der Waals surface area contributed by atoms with Gasteiger partial charge in [0.25, 0.3) is 5.91 Å². The van der Waals surface area contributed by atoms with Crippen LogP contribution < -0.4 is 10.1 Å². The highest BCUT2D eigenvalue weighted by Crippen LogP contribution is 2.26. The Morgan fingerprint density at radius 2 is 1.96 bits per heavy atom. The monoisotopic (exact) mass is 361 g/mol. The first kappa shape index (κ1) is 21.3. The van der Waals surface area contributed by atoms with Gasteiger partial charge in [-0.2, -0.15) is 0 Å². The van der Waals surface area contributed by atoms with Gasteiger partial charge in [0.2, 0.25) is 0 Å². The summed E-state index contributed by atoms with van der Waals surface area (Å²) in [4.78, 5) is 23.5. The molecule has 26 heavy (non-hydrogen) atoms. The van der Waals surface area contributed by atoms with Gasteiger partial charge in [0.05, 0.1) is 7.11 Å². The average molecular weight is 361 g/mol. The van der Waals surface area contributed by atoms with Gasteiger partial charge in [-0.05, 0) is 51.3 Å². The number of hydrogen-bond donors (Lipinski definition) is 2. The lowest BCUT2D eigenvalue weighted by Gasteiger charge is -2.08. The summed E-state index contributed by atoms with van der Waals surface area (Å²) < 4.78 is 9.95. The third-order valence-corrected chi connectivity index (χ3v) is 3.53. The van der Waals surface area contributed by atoms with Crippen molar-refractivity contribution in [1.29, 1.82) is 0 Å². The number of hydrogen-bond acceptors (Lipinski definition) is 5. The van der Waals surface area contributed by atoms with Crippen molar-refractivity contribution >= 4 is 11.9 Å². The Morgan fingerprint density at radius 3 is 2.62 bits per heavy atom. The molecule has 1 rings (SSSR count). The molecule has 142 valence electrons. The zero-order valence-electron chi connectivity index (χ0n) is 15.8. The lowest BCUT2D eigenvalue weighted by Crippen LogP contribution is -2.28. The zero-order chi connectivity index (χ0) is 19.5. The normalized spacial score (nSPS) is 10.8. The maximum Gasteiger partial charge on any atom is 0.331 e. The predicted octanol–water partition coefficient (Wildman–Crippen LogP) is 3.25. The molecule has 0 bridgehead atoms. The maximum atomic E-state index is 11.8. The molecule has 0 aromatic heterocycles. The van der Waals surface area contributed by atoms with Crippen LogP contribution in [0.2, 0.25) is 0 Å². The van der Waals surface area contributed by atoms with Gasteiger partial charge in [0.15, 0.2) is 18.1 Å². The predicted molar refractivity (Wildman–Crippen MR) is 99.9 cm³/mol. The molecule has 0 aliphatic carbocycles. The third-order valence-electron chi connectivity index (χ3n) is 3.53. The van der Waals surface area contributed by atoms with Crippen LogP contribution in [-0.2, 0) is 20.9 Å². The van der Waals surface area contributed by atoms with Crippen molar-refractivity contribution in [2.24, 2.45) is 0 Å². The number of rotatable bonds is 9. The van der Waals surface area contributed by atoms with E-state index in [0.29, 0.717) is 5.75 Å². The first-order valence-electron chi connectivity index (χ1n) is 8.41. The van der Waals surface area contributed by atoms with E-state index in [9.17, 15) is 14.7 Å². The van der Waals surface area contributed by atoms with Crippen LogP contribution >= 0.6 is 0 Å². The molecule has 1 amide bonds. The number of phenolic OH excluding ortho intramolecular Hbond substituents is 1. The second-order valence-electron chi connectivity index (χ2n) is 6.20. The van der Waals surface area contributed by atoms with Crippen LogP contribution in [0.4, 0.5) is 0 Å². The minimum Gasteiger partial charge on any atom is -0.504 e. The second kappa shape index (κ2) is 11.0. The van der Waals surface area contributed by atoms with E-state index in [4.69, 9.17) is 9.47 Å². The van der Waals surface area contributed by atoms with Crippen LogP contribution in [0.25, 0.3) is 0 Å². The largest absolute Gasteiger partial charge is 0.504 e. The molecule has 0 saturated heterocycles.